The van der Waals surface area contributed by atoms with Gasteiger partial charge >= 0.3 is 0 Å². The van der Waals surface area contributed by atoms with Crippen molar-refractivity contribution < 1.29 is 9.90 Å². The van der Waals surface area contributed by atoms with Gasteiger partial charge in [0.05, 0.1) is 0 Å². The van der Waals surface area contributed by atoms with Crippen LogP contribution in [0.4, 0.5) is 0 Å². The second-order valence-corrected chi connectivity index (χ2v) is 2.65. The van der Waals surface area contributed by atoms with Crippen molar-refractivity contribution in [1.29, 1.82) is 0 Å². The van der Waals surface area contributed by atoms with Gasteiger partial charge < -0.3 is 10.8 Å². The molecule has 11 heavy (non-hydrogen) atoms. The number of aliphatic imine (C=N–C) groups is 1. The van der Waals surface area contributed by atoms with Crippen molar-refractivity contribution >= 4 is 11.6 Å². The average Bonchev–Trinajstić information content (AvgIpc) is 1.86. The van der Waals surface area contributed by atoms with Crippen LogP contribution in [0.1, 0.15) is 13.3 Å². The van der Waals surface area contributed by atoms with Crippen LogP contribution >= 0.6 is 0 Å². The van der Waals surface area contributed by atoms with Crippen LogP contribution in [0.3, 0.4) is 0 Å². The number of aliphatic hydroxyl groups is 1. The highest BCUT2D eigenvalue weighted by Crippen LogP contribution is 2.16. The van der Waals surface area contributed by atoms with Gasteiger partial charge in [-0.1, -0.05) is 0 Å². The zero-order valence-corrected chi connectivity index (χ0v) is 6.24. The number of hydrogen-bond acceptors (Lipinski definition) is 3. The average molecular weight is 154 g/mol. The summed E-state index contributed by atoms with van der Waals surface area (Å²) in [6.45, 7) is 1.73. The minimum atomic E-state index is -1.52. The largest absolute Gasteiger partial charge is 0.375 e. The van der Waals surface area contributed by atoms with Crippen molar-refractivity contribution in [2.75, 3.05) is 0 Å². The summed E-state index contributed by atoms with van der Waals surface area (Å²) in [6.07, 6.45) is 2.89. The van der Waals surface area contributed by atoms with E-state index >= 15 is 0 Å². The minimum Gasteiger partial charge on any atom is -0.375 e. The maximum absolute atomic E-state index is 10.7. The lowest BCUT2D eigenvalue weighted by Crippen LogP contribution is -2.44. The molecule has 1 heterocycles. The highest BCUT2D eigenvalue weighted by molar-refractivity contribution is 5.95. The van der Waals surface area contributed by atoms with Crippen LogP contribution in [0.5, 0.6) is 0 Å². The minimum absolute atomic E-state index is 0.193. The number of carbonyl (C=O) groups is 1. The molecular formula is C7H10N2O2. The molecule has 1 unspecified atom stereocenters. The van der Waals surface area contributed by atoms with Crippen LogP contribution in [0.25, 0.3) is 0 Å². The summed E-state index contributed by atoms with van der Waals surface area (Å²) in [5.74, 6) is -0.733. The zero-order chi connectivity index (χ0) is 8.48. The molecule has 0 bridgehead atoms. The number of primary amides is 1. The molecule has 1 rings (SSSR count). The second kappa shape index (κ2) is 2.47. The number of nitrogens with two attached hydrogens (primary N) is 1. The normalized spacial score (nSPS) is 29.8. The maximum atomic E-state index is 10.7. The molecule has 0 aromatic heterocycles. The van der Waals surface area contributed by atoms with Crippen molar-refractivity contribution in [3.8, 4) is 0 Å². The van der Waals surface area contributed by atoms with Crippen LogP contribution in [-0.4, -0.2) is 22.3 Å². The first-order chi connectivity index (χ1) is 5.04. The Bertz CT molecular complexity index is 245. The van der Waals surface area contributed by atoms with E-state index in [4.69, 9.17) is 5.73 Å². The summed E-state index contributed by atoms with van der Waals surface area (Å²) in [5.41, 5.74) is 4.15. The summed E-state index contributed by atoms with van der Waals surface area (Å²) >= 11 is 0. The molecule has 0 saturated heterocycles. The Hall–Kier alpha value is -1.16. The topological polar surface area (TPSA) is 75.7 Å². The smallest absolute Gasteiger partial charge is 0.253 e. The first-order valence-electron chi connectivity index (χ1n) is 3.28. The van der Waals surface area contributed by atoms with Gasteiger partial charge in [-0.25, -0.2) is 0 Å². The van der Waals surface area contributed by atoms with Crippen LogP contribution in [0, 0.1) is 0 Å². The summed E-state index contributed by atoms with van der Waals surface area (Å²) in [6, 6.07) is 0. The van der Waals surface area contributed by atoms with Crippen LogP contribution in [-0.2, 0) is 4.79 Å². The third-order valence-electron chi connectivity index (χ3n) is 1.60. The number of carbonyl (C=O) groups excluding carboxylic acids is 1. The third kappa shape index (κ3) is 1.46. The van der Waals surface area contributed by atoms with E-state index in [9.17, 15) is 9.90 Å². The molecule has 3 N–H and O–H groups in total. The molecule has 4 nitrogen and oxygen atoms in total. The second-order valence-electron chi connectivity index (χ2n) is 2.65. The van der Waals surface area contributed by atoms with Gasteiger partial charge in [0.25, 0.3) is 5.91 Å². The van der Waals surface area contributed by atoms with E-state index in [1.165, 1.54) is 12.3 Å². The molecular weight excluding hydrogens is 144 g/mol. The van der Waals surface area contributed by atoms with E-state index in [-0.39, 0.29) is 6.42 Å². The molecule has 1 aliphatic heterocycles. The van der Waals surface area contributed by atoms with E-state index in [1.54, 1.807) is 6.92 Å². The number of hydrogen-bond donors (Lipinski definition) is 2. The number of rotatable bonds is 1. The molecule has 0 aromatic rings. The Morgan fingerprint density at radius 3 is 2.91 bits per heavy atom. The number of amides is 1. The van der Waals surface area contributed by atoms with Gasteiger partial charge in [0.2, 0.25) is 0 Å². The fourth-order valence-corrected chi connectivity index (χ4v) is 0.952. The van der Waals surface area contributed by atoms with Gasteiger partial charge in [0.1, 0.15) is 0 Å². The van der Waals surface area contributed by atoms with E-state index in [0.717, 1.165) is 0 Å². The Kier molecular flexibility index (Phi) is 1.78. The van der Waals surface area contributed by atoms with Crippen LogP contribution in [0.15, 0.2) is 17.3 Å². The zero-order valence-electron chi connectivity index (χ0n) is 6.24. The first kappa shape index (κ1) is 7.94. The van der Waals surface area contributed by atoms with Crippen molar-refractivity contribution in [3.05, 3.63) is 12.3 Å². The molecule has 0 saturated carbocycles. The lowest BCUT2D eigenvalue weighted by Gasteiger charge is -2.22. The quantitative estimate of drug-likeness (QED) is 0.538. The summed E-state index contributed by atoms with van der Waals surface area (Å²) < 4.78 is 0. The van der Waals surface area contributed by atoms with Crippen molar-refractivity contribution in [1.82, 2.24) is 0 Å². The molecule has 0 fully saturated rings. The maximum Gasteiger partial charge on any atom is 0.253 e. The molecule has 0 aliphatic carbocycles. The molecule has 0 spiro atoms. The SMILES string of the molecule is CC1=NC=CC(O)(C(N)=O)C1. The molecule has 0 aromatic carbocycles. The van der Waals surface area contributed by atoms with E-state index in [2.05, 4.69) is 4.99 Å². The molecule has 0 radical (unpaired) electrons. The van der Waals surface area contributed by atoms with Crippen LogP contribution < -0.4 is 5.73 Å². The standard InChI is InChI=1S/C7H10N2O2/c1-5-4-7(11,6(8)10)2-3-9-5/h2-3,11H,4H2,1H3,(H2,8,10). The Balaban J connectivity index is 2.86. The van der Waals surface area contributed by atoms with Crippen molar-refractivity contribution in [3.63, 3.8) is 0 Å². The lowest BCUT2D eigenvalue weighted by atomic mass is 9.95. The third-order valence-corrected chi connectivity index (χ3v) is 1.60. The number of nitrogens with zero attached hydrogens (tertiary/aromatic N) is 1. The van der Waals surface area contributed by atoms with Gasteiger partial charge in [0.15, 0.2) is 5.60 Å². The summed E-state index contributed by atoms with van der Waals surface area (Å²) in [4.78, 5) is 14.6. The monoisotopic (exact) mass is 154 g/mol. The first-order valence-corrected chi connectivity index (χ1v) is 3.28. The predicted octanol–water partition coefficient (Wildman–Crippen LogP) is -0.419. The molecule has 1 aliphatic rings. The van der Waals surface area contributed by atoms with Gasteiger partial charge in [0, 0.05) is 18.3 Å². The Morgan fingerprint density at radius 2 is 2.55 bits per heavy atom. The molecule has 4 heteroatoms. The highest BCUT2D eigenvalue weighted by atomic mass is 16.3. The molecule has 1 atom stereocenters. The fraction of sp³-hybridized carbons (Fsp3) is 0.429. The fourth-order valence-electron chi connectivity index (χ4n) is 0.952. The van der Waals surface area contributed by atoms with E-state index in [1.807, 2.05) is 0 Å². The van der Waals surface area contributed by atoms with Gasteiger partial charge in [-0.3, -0.25) is 9.79 Å². The Morgan fingerprint density at radius 1 is 1.91 bits per heavy atom. The van der Waals surface area contributed by atoms with Gasteiger partial charge in [-0.2, -0.15) is 0 Å². The highest BCUT2D eigenvalue weighted by Gasteiger charge is 2.32. The van der Waals surface area contributed by atoms with Gasteiger partial charge in [-0.05, 0) is 13.0 Å². The predicted molar refractivity (Wildman–Crippen MR) is 41.0 cm³/mol. The van der Waals surface area contributed by atoms with Crippen molar-refractivity contribution in [2.45, 2.75) is 18.9 Å². The molecule has 60 valence electrons. The lowest BCUT2D eigenvalue weighted by molar-refractivity contribution is -0.131. The Labute approximate surface area is 64.4 Å². The van der Waals surface area contributed by atoms with E-state index in [0.29, 0.717) is 5.71 Å². The van der Waals surface area contributed by atoms with Crippen molar-refractivity contribution in [2.24, 2.45) is 10.7 Å². The van der Waals surface area contributed by atoms with Crippen LogP contribution in [0.2, 0.25) is 0 Å². The van der Waals surface area contributed by atoms with Gasteiger partial charge in [-0.15, -0.1) is 0 Å². The molecule has 1 amide bonds. The summed E-state index contributed by atoms with van der Waals surface area (Å²) in [5, 5.41) is 9.48. The summed E-state index contributed by atoms with van der Waals surface area (Å²) in [7, 11) is 0. The van der Waals surface area contributed by atoms with E-state index < -0.39 is 11.5 Å².